The topological polar surface area (TPSA) is 47.3 Å². The Hall–Kier alpha value is -1.49. The van der Waals surface area contributed by atoms with Crippen molar-refractivity contribution in [2.75, 3.05) is 13.4 Å². The van der Waals surface area contributed by atoms with Crippen LogP contribution in [0.1, 0.15) is 22.7 Å². The molecule has 0 amide bonds. The summed E-state index contributed by atoms with van der Waals surface area (Å²) in [5.41, 5.74) is 6.24. The van der Waals surface area contributed by atoms with E-state index in [9.17, 15) is 0 Å². The van der Waals surface area contributed by atoms with Crippen molar-refractivity contribution in [1.29, 1.82) is 0 Å². The average molecular weight is 288 g/mol. The summed E-state index contributed by atoms with van der Waals surface area (Å²) in [6, 6.07) is 14.4. The minimum atomic E-state index is -0.0826. The summed E-state index contributed by atoms with van der Waals surface area (Å²) in [6.45, 7) is 2.06. The van der Waals surface area contributed by atoms with Gasteiger partial charge in [0.05, 0.1) is 13.2 Å². The van der Waals surface area contributed by atoms with Crippen LogP contribution in [0.5, 0.6) is 5.75 Å². The van der Waals surface area contributed by atoms with Crippen molar-refractivity contribution in [3.05, 3.63) is 59.2 Å². The maximum Gasteiger partial charge on any atom is 0.124 e. The lowest BCUT2D eigenvalue weighted by Crippen LogP contribution is -2.29. The minimum absolute atomic E-state index is 0.0826. The molecule has 106 valence electrons. The molecule has 1 atom stereocenters. The fourth-order valence-corrected chi connectivity index (χ4v) is 2.65. The van der Waals surface area contributed by atoms with Crippen molar-refractivity contribution in [2.45, 2.75) is 17.9 Å². The van der Waals surface area contributed by atoms with Crippen LogP contribution >= 0.6 is 11.8 Å². The number of rotatable bonds is 5. The molecule has 2 aromatic rings. The molecule has 0 saturated heterocycles. The maximum absolute atomic E-state index is 5.77. The summed E-state index contributed by atoms with van der Waals surface area (Å²) in [5.74, 6) is 6.61. The van der Waals surface area contributed by atoms with Crippen LogP contribution in [0.3, 0.4) is 0 Å². The van der Waals surface area contributed by atoms with Crippen molar-refractivity contribution in [1.82, 2.24) is 5.43 Å². The number of hydrazine groups is 1. The first-order valence-corrected chi connectivity index (χ1v) is 7.66. The summed E-state index contributed by atoms with van der Waals surface area (Å²) in [7, 11) is 1.68. The van der Waals surface area contributed by atoms with Crippen LogP contribution in [0.15, 0.2) is 47.4 Å². The van der Waals surface area contributed by atoms with Crippen molar-refractivity contribution in [3.63, 3.8) is 0 Å². The van der Waals surface area contributed by atoms with Crippen molar-refractivity contribution >= 4 is 11.8 Å². The van der Waals surface area contributed by atoms with Crippen LogP contribution in [0.4, 0.5) is 0 Å². The third-order valence-corrected chi connectivity index (χ3v) is 4.06. The molecule has 2 rings (SSSR count). The average Bonchev–Trinajstić information content (AvgIpc) is 2.49. The molecular weight excluding hydrogens is 268 g/mol. The van der Waals surface area contributed by atoms with E-state index in [4.69, 9.17) is 10.6 Å². The standard InChI is InChI=1S/C16H20N2OS/c1-11-4-9-15(19-2)14(10-11)16(18-17)12-5-7-13(20-3)8-6-12/h4-10,16,18H,17H2,1-3H3. The molecule has 0 saturated carbocycles. The Balaban J connectivity index is 2.43. The number of nitrogens with two attached hydrogens (primary N) is 1. The second kappa shape index (κ2) is 6.79. The zero-order chi connectivity index (χ0) is 14.5. The Labute approximate surface area is 124 Å². The number of thioether (sulfide) groups is 1. The Morgan fingerprint density at radius 3 is 2.40 bits per heavy atom. The predicted octanol–water partition coefficient (Wildman–Crippen LogP) is 3.28. The molecule has 0 aliphatic rings. The molecule has 0 heterocycles. The molecule has 0 aromatic heterocycles. The van der Waals surface area contributed by atoms with Crippen molar-refractivity contribution < 1.29 is 4.74 Å². The van der Waals surface area contributed by atoms with E-state index in [1.165, 1.54) is 10.5 Å². The van der Waals surface area contributed by atoms with Gasteiger partial charge >= 0.3 is 0 Å². The van der Waals surface area contributed by atoms with Crippen LogP contribution in [0.2, 0.25) is 0 Å². The Morgan fingerprint density at radius 2 is 1.85 bits per heavy atom. The van der Waals surface area contributed by atoms with E-state index >= 15 is 0 Å². The highest BCUT2D eigenvalue weighted by Crippen LogP contribution is 2.31. The summed E-state index contributed by atoms with van der Waals surface area (Å²) < 4.78 is 5.45. The second-order valence-electron chi connectivity index (χ2n) is 4.62. The number of nitrogens with one attached hydrogen (secondary N) is 1. The van der Waals surface area contributed by atoms with E-state index < -0.39 is 0 Å². The molecule has 0 aliphatic heterocycles. The van der Waals surface area contributed by atoms with Gasteiger partial charge in [-0.05, 0) is 36.9 Å². The van der Waals surface area contributed by atoms with E-state index in [1.54, 1.807) is 18.9 Å². The van der Waals surface area contributed by atoms with E-state index in [-0.39, 0.29) is 6.04 Å². The summed E-state index contributed by atoms with van der Waals surface area (Å²) >= 11 is 1.73. The van der Waals surface area contributed by atoms with E-state index in [1.807, 2.05) is 12.1 Å². The summed E-state index contributed by atoms with van der Waals surface area (Å²) in [4.78, 5) is 1.24. The largest absolute Gasteiger partial charge is 0.496 e. The van der Waals surface area contributed by atoms with Crippen molar-refractivity contribution in [2.24, 2.45) is 5.84 Å². The summed E-state index contributed by atoms with van der Waals surface area (Å²) in [6.07, 6.45) is 2.07. The molecule has 0 spiro atoms. The Morgan fingerprint density at radius 1 is 1.15 bits per heavy atom. The number of ether oxygens (including phenoxy) is 1. The highest BCUT2D eigenvalue weighted by molar-refractivity contribution is 7.98. The lowest BCUT2D eigenvalue weighted by atomic mass is 9.97. The fraction of sp³-hybridized carbons (Fsp3) is 0.250. The van der Waals surface area contributed by atoms with E-state index in [2.05, 4.69) is 48.9 Å². The van der Waals surface area contributed by atoms with E-state index in [0.717, 1.165) is 16.9 Å². The van der Waals surface area contributed by atoms with Crippen LogP contribution in [-0.2, 0) is 0 Å². The first kappa shape index (κ1) is 14.9. The van der Waals surface area contributed by atoms with Gasteiger partial charge in [0.15, 0.2) is 0 Å². The molecule has 4 heteroatoms. The molecule has 0 fully saturated rings. The Bertz CT molecular complexity index is 569. The van der Waals surface area contributed by atoms with Gasteiger partial charge < -0.3 is 4.74 Å². The first-order valence-electron chi connectivity index (χ1n) is 6.44. The number of hydrogen-bond acceptors (Lipinski definition) is 4. The van der Waals surface area contributed by atoms with Gasteiger partial charge in [-0.2, -0.15) is 0 Å². The molecule has 3 nitrogen and oxygen atoms in total. The SMILES string of the molecule is COc1ccc(C)cc1C(NN)c1ccc(SC)cc1. The zero-order valence-corrected chi connectivity index (χ0v) is 12.8. The molecule has 2 aromatic carbocycles. The van der Waals surface area contributed by atoms with Gasteiger partial charge in [0.1, 0.15) is 5.75 Å². The van der Waals surface area contributed by atoms with Gasteiger partial charge in [0, 0.05) is 10.5 Å². The van der Waals surface area contributed by atoms with Gasteiger partial charge in [0.2, 0.25) is 0 Å². The van der Waals surface area contributed by atoms with Gasteiger partial charge in [0.25, 0.3) is 0 Å². The normalized spacial score (nSPS) is 12.2. The number of benzene rings is 2. The predicted molar refractivity (Wildman–Crippen MR) is 85.1 cm³/mol. The Kier molecular flexibility index (Phi) is 5.06. The number of hydrogen-bond donors (Lipinski definition) is 2. The molecule has 0 aliphatic carbocycles. The van der Waals surface area contributed by atoms with Gasteiger partial charge in [-0.15, -0.1) is 11.8 Å². The fourth-order valence-electron chi connectivity index (χ4n) is 2.24. The summed E-state index contributed by atoms with van der Waals surface area (Å²) in [5, 5.41) is 0. The molecule has 20 heavy (non-hydrogen) atoms. The van der Waals surface area contributed by atoms with Crippen LogP contribution in [0, 0.1) is 6.92 Å². The third-order valence-electron chi connectivity index (χ3n) is 3.31. The smallest absolute Gasteiger partial charge is 0.124 e. The van der Waals surface area contributed by atoms with Crippen molar-refractivity contribution in [3.8, 4) is 5.75 Å². The van der Waals surface area contributed by atoms with Gasteiger partial charge in [-0.1, -0.05) is 29.8 Å². The maximum atomic E-state index is 5.77. The molecule has 3 N–H and O–H groups in total. The molecule has 1 unspecified atom stereocenters. The zero-order valence-electron chi connectivity index (χ0n) is 12.0. The molecule has 0 radical (unpaired) electrons. The highest BCUT2D eigenvalue weighted by Gasteiger charge is 2.17. The monoisotopic (exact) mass is 288 g/mol. The first-order chi connectivity index (χ1) is 9.69. The second-order valence-corrected chi connectivity index (χ2v) is 5.50. The van der Waals surface area contributed by atoms with E-state index in [0.29, 0.717) is 0 Å². The number of aryl methyl sites for hydroxylation is 1. The van der Waals surface area contributed by atoms with Crippen LogP contribution in [0.25, 0.3) is 0 Å². The minimum Gasteiger partial charge on any atom is -0.496 e. The molecule has 0 bridgehead atoms. The quantitative estimate of drug-likeness (QED) is 0.503. The van der Waals surface area contributed by atoms with Gasteiger partial charge in [-0.3, -0.25) is 5.84 Å². The third kappa shape index (κ3) is 3.15. The lowest BCUT2D eigenvalue weighted by molar-refractivity contribution is 0.404. The molecular formula is C16H20N2OS. The highest BCUT2D eigenvalue weighted by atomic mass is 32.2. The van der Waals surface area contributed by atoms with Gasteiger partial charge in [-0.25, -0.2) is 5.43 Å². The number of methoxy groups -OCH3 is 1. The van der Waals surface area contributed by atoms with Crippen LogP contribution in [-0.4, -0.2) is 13.4 Å². The lowest BCUT2D eigenvalue weighted by Gasteiger charge is -2.20. The van der Waals surface area contributed by atoms with Crippen LogP contribution < -0.4 is 16.0 Å².